The number of carbonyl (C=O) groups is 1. The molecule has 2 aliphatic carbocycles. The molecule has 116 valence electrons. The van der Waals surface area contributed by atoms with Gasteiger partial charge in [0.1, 0.15) is 6.10 Å². The van der Waals surface area contributed by atoms with Crippen LogP contribution in [0.1, 0.15) is 51.9 Å². The van der Waals surface area contributed by atoms with Gasteiger partial charge in [-0.05, 0) is 55.4 Å². The maximum Gasteiger partial charge on any atom is 0.308 e. The standard InChI is InChI=1S/C18H26O3/c1-12-6-7-13-4-2-3-5-17(13)16(12)9-8-15-10-14(19)11-18(20)21-15/h4,6-7,12,14-17,19H,2-3,5,8-11H2,1H3/t12-,14-,15+,16+,17-/m0/s1. The van der Waals surface area contributed by atoms with Gasteiger partial charge in [0.05, 0.1) is 12.5 Å². The summed E-state index contributed by atoms with van der Waals surface area (Å²) in [5.41, 5.74) is 1.52. The minimum absolute atomic E-state index is 0.0876. The lowest BCUT2D eigenvalue weighted by Gasteiger charge is -2.38. The smallest absolute Gasteiger partial charge is 0.308 e. The summed E-state index contributed by atoms with van der Waals surface area (Å²) >= 11 is 0. The quantitative estimate of drug-likeness (QED) is 0.811. The fraction of sp³-hybridized carbons (Fsp3) is 0.722. The van der Waals surface area contributed by atoms with Gasteiger partial charge in [0.15, 0.2) is 0 Å². The van der Waals surface area contributed by atoms with Crippen LogP contribution in [-0.2, 0) is 9.53 Å². The molecule has 0 amide bonds. The van der Waals surface area contributed by atoms with Gasteiger partial charge in [0, 0.05) is 6.42 Å². The normalized spacial score (nSPS) is 39.4. The second-order valence-electron chi connectivity index (χ2n) is 6.91. The summed E-state index contributed by atoms with van der Waals surface area (Å²) in [6.45, 7) is 2.30. The molecule has 1 heterocycles. The Balaban J connectivity index is 1.61. The van der Waals surface area contributed by atoms with E-state index in [1.54, 1.807) is 0 Å². The first kappa shape index (κ1) is 14.8. The summed E-state index contributed by atoms with van der Waals surface area (Å²) in [4.78, 5) is 11.4. The Morgan fingerprint density at radius 3 is 3.05 bits per heavy atom. The fourth-order valence-electron chi connectivity index (χ4n) is 4.23. The van der Waals surface area contributed by atoms with E-state index in [0.29, 0.717) is 24.2 Å². The largest absolute Gasteiger partial charge is 0.462 e. The molecular weight excluding hydrogens is 264 g/mol. The van der Waals surface area contributed by atoms with E-state index in [1.807, 2.05) is 0 Å². The second kappa shape index (κ2) is 6.35. The Bertz CT molecular complexity index is 451. The molecular formula is C18H26O3. The van der Waals surface area contributed by atoms with E-state index in [-0.39, 0.29) is 18.5 Å². The van der Waals surface area contributed by atoms with E-state index >= 15 is 0 Å². The third-order valence-electron chi connectivity index (χ3n) is 5.37. The molecule has 5 atom stereocenters. The van der Waals surface area contributed by atoms with Gasteiger partial charge >= 0.3 is 5.97 Å². The highest BCUT2D eigenvalue weighted by Crippen LogP contribution is 2.42. The molecule has 0 bridgehead atoms. The molecule has 0 radical (unpaired) electrons. The molecule has 1 saturated heterocycles. The zero-order valence-electron chi connectivity index (χ0n) is 12.8. The van der Waals surface area contributed by atoms with Crippen molar-refractivity contribution in [2.24, 2.45) is 17.8 Å². The lowest BCUT2D eigenvalue weighted by atomic mass is 9.68. The van der Waals surface area contributed by atoms with Gasteiger partial charge in [-0.25, -0.2) is 0 Å². The number of ether oxygens (including phenoxy) is 1. The molecule has 1 N–H and O–H groups in total. The molecule has 3 aliphatic rings. The molecule has 1 aliphatic heterocycles. The maximum absolute atomic E-state index is 11.4. The summed E-state index contributed by atoms with van der Waals surface area (Å²) in [5.74, 6) is 1.69. The number of fused-ring (bicyclic) bond motifs is 1. The Morgan fingerprint density at radius 2 is 2.24 bits per heavy atom. The van der Waals surface area contributed by atoms with E-state index < -0.39 is 6.10 Å². The number of esters is 1. The van der Waals surface area contributed by atoms with Crippen molar-refractivity contribution >= 4 is 5.97 Å². The average Bonchev–Trinajstić information content (AvgIpc) is 2.45. The number of allylic oxidation sites excluding steroid dienone is 4. The first-order valence-electron chi connectivity index (χ1n) is 8.39. The number of cyclic esters (lactones) is 1. The highest BCUT2D eigenvalue weighted by Gasteiger charge is 2.33. The van der Waals surface area contributed by atoms with Gasteiger partial charge < -0.3 is 9.84 Å². The SMILES string of the molecule is C[C@H]1C=CC2=CCCC[C@@H]2[C@@H]1CC[C@@H]1C[C@H](O)CC(=O)O1. The molecule has 3 rings (SSSR count). The predicted molar refractivity (Wildman–Crippen MR) is 81.6 cm³/mol. The van der Waals surface area contributed by atoms with Crippen molar-refractivity contribution in [3.05, 3.63) is 23.8 Å². The molecule has 0 aromatic heterocycles. The van der Waals surface area contributed by atoms with Crippen molar-refractivity contribution in [1.29, 1.82) is 0 Å². The van der Waals surface area contributed by atoms with Crippen LogP contribution in [0.15, 0.2) is 23.8 Å². The van der Waals surface area contributed by atoms with Crippen LogP contribution in [-0.4, -0.2) is 23.3 Å². The van der Waals surface area contributed by atoms with Gasteiger partial charge in [0.2, 0.25) is 0 Å². The monoisotopic (exact) mass is 290 g/mol. The summed E-state index contributed by atoms with van der Waals surface area (Å²) in [7, 11) is 0. The average molecular weight is 290 g/mol. The summed E-state index contributed by atoms with van der Waals surface area (Å²) in [6.07, 6.45) is 13.0. The first-order valence-corrected chi connectivity index (χ1v) is 8.39. The Kier molecular flexibility index (Phi) is 4.48. The third kappa shape index (κ3) is 3.39. The maximum atomic E-state index is 11.4. The zero-order chi connectivity index (χ0) is 14.8. The Morgan fingerprint density at radius 1 is 1.38 bits per heavy atom. The van der Waals surface area contributed by atoms with E-state index in [4.69, 9.17) is 4.74 Å². The first-order chi connectivity index (χ1) is 10.1. The molecule has 0 aromatic rings. The van der Waals surface area contributed by atoms with Crippen LogP contribution < -0.4 is 0 Å². The van der Waals surface area contributed by atoms with E-state index in [2.05, 4.69) is 25.2 Å². The highest BCUT2D eigenvalue weighted by atomic mass is 16.5. The lowest BCUT2D eigenvalue weighted by molar-refractivity contribution is -0.160. The molecule has 0 aromatic carbocycles. The molecule has 3 nitrogen and oxygen atoms in total. The number of carbonyl (C=O) groups excluding carboxylic acids is 1. The van der Waals surface area contributed by atoms with E-state index in [9.17, 15) is 9.90 Å². The topological polar surface area (TPSA) is 46.5 Å². The summed E-state index contributed by atoms with van der Waals surface area (Å²) < 4.78 is 5.39. The van der Waals surface area contributed by atoms with Gasteiger partial charge in [-0.2, -0.15) is 0 Å². The van der Waals surface area contributed by atoms with E-state index in [1.165, 1.54) is 24.8 Å². The highest BCUT2D eigenvalue weighted by molar-refractivity contribution is 5.70. The third-order valence-corrected chi connectivity index (χ3v) is 5.37. The van der Waals surface area contributed by atoms with Crippen molar-refractivity contribution in [3.63, 3.8) is 0 Å². The van der Waals surface area contributed by atoms with Crippen LogP contribution in [0, 0.1) is 17.8 Å². The van der Waals surface area contributed by atoms with Crippen molar-refractivity contribution in [2.45, 2.75) is 64.1 Å². The van der Waals surface area contributed by atoms with E-state index in [0.717, 1.165) is 12.8 Å². The minimum atomic E-state index is -0.509. The van der Waals surface area contributed by atoms with Gasteiger partial charge in [0.25, 0.3) is 0 Å². The van der Waals surface area contributed by atoms with Gasteiger partial charge in [-0.15, -0.1) is 0 Å². The number of hydrogen-bond acceptors (Lipinski definition) is 3. The predicted octanol–water partition coefficient (Wildman–Crippen LogP) is 3.38. The number of rotatable bonds is 3. The molecule has 0 spiro atoms. The Labute approximate surface area is 127 Å². The summed E-state index contributed by atoms with van der Waals surface area (Å²) in [5, 5.41) is 9.71. The minimum Gasteiger partial charge on any atom is -0.462 e. The van der Waals surface area contributed by atoms with Crippen molar-refractivity contribution in [3.8, 4) is 0 Å². The molecule has 1 fully saturated rings. The number of aliphatic hydroxyl groups excluding tert-OH is 1. The van der Waals surface area contributed by atoms with Crippen LogP contribution in [0.4, 0.5) is 0 Å². The fourth-order valence-corrected chi connectivity index (χ4v) is 4.23. The molecule has 21 heavy (non-hydrogen) atoms. The molecule has 0 saturated carbocycles. The van der Waals surface area contributed by atoms with Crippen LogP contribution in [0.25, 0.3) is 0 Å². The van der Waals surface area contributed by atoms with Gasteiger partial charge in [-0.3, -0.25) is 4.79 Å². The van der Waals surface area contributed by atoms with Crippen LogP contribution >= 0.6 is 0 Å². The van der Waals surface area contributed by atoms with Crippen LogP contribution in [0.3, 0.4) is 0 Å². The lowest BCUT2D eigenvalue weighted by Crippen LogP contribution is -2.34. The molecule has 0 unspecified atom stereocenters. The van der Waals surface area contributed by atoms with Crippen molar-refractivity contribution in [2.75, 3.05) is 0 Å². The van der Waals surface area contributed by atoms with Crippen molar-refractivity contribution < 1.29 is 14.6 Å². The molecule has 3 heteroatoms. The number of hydrogen-bond donors (Lipinski definition) is 1. The Hall–Kier alpha value is -1.09. The van der Waals surface area contributed by atoms with Gasteiger partial charge in [-0.1, -0.05) is 25.2 Å². The van der Waals surface area contributed by atoms with Crippen LogP contribution in [0.2, 0.25) is 0 Å². The van der Waals surface area contributed by atoms with Crippen molar-refractivity contribution in [1.82, 2.24) is 0 Å². The summed E-state index contributed by atoms with van der Waals surface area (Å²) in [6, 6.07) is 0. The zero-order valence-corrected chi connectivity index (χ0v) is 12.8. The second-order valence-corrected chi connectivity index (χ2v) is 6.91. The van der Waals surface area contributed by atoms with Crippen LogP contribution in [0.5, 0.6) is 0 Å². The number of aliphatic hydroxyl groups is 1.